The Morgan fingerprint density at radius 1 is 0.727 bits per heavy atom. The Balaban J connectivity index is 3.42. The Labute approximate surface area is 137 Å². The Morgan fingerprint density at radius 3 is 1.41 bits per heavy atom. The van der Waals surface area contributed by atoms with Crippen LogP contribution in [0.1, 0.15) is 58.2 Å². The fraction of sp³-hybridized carbons (Fsp3) is 0.429. The number of benzene rings is 1. The van der Waals surface area contributed by atoms with Crippen molar-refractivity contribution in [2.24, 2.45) is 0 Å². The van der Waals surface area contributed by atoms with E-state index in [1.54, 1.807) is 0 Å². The summed E-state index contributed by atoms with van der Waals surface area (Å²) in [5.74, 6) is 8.71. The lowest BCUT2D eigenvalue weighted by Crippen LogP contribution is -2.43. The van der Waals surface area contributed by atoms with E-state index < -0.39 is 8.07 Å². The summed E-state index contributed by atoms with van der Waals surface area (Å²) in [4.78, 5) is 0. The third-order valence-electron chi connectivity index (χ3n) is 4.56. The molecule has 0 aromatic heterocycles. The Morgan fingerprint density at radius 2 is 1.09 bits per heavy atom. The van der Waals surface area contributed by atoms with Crippen molar-refractivity contribution in [2.45, 2.75) is 58.2 Å². The normalized spacial score (nSPS) is 11.0. The van der Waals surface area contributed by atoms with Crippen LogP contribution in [0, 0.1) is 36.2 Å². The highest BCUT2D eigenvalue weighted by Crippen LogP contribution is 2.40. The predicted octanol–water partition coefficient (Wildman–Crippen LogP) is 5.22. The third-order valence-corrected chi connectivity index (χ3v) is 10.8. The summed E-state index contributed by atoms with van der Waals surface area (Å²) in [6, 6.07) is 5.76. The maximum Gasteiger partial charge on any atom is 0.146 e. The fourth-order valence-corrected chi connectivity index (χ4v) is 8.71. The molecule has 0 heterocycles. The first-order chi connectivity index (χ1) is 10.3. The summed E-state index contributed by atoms with van der Waals surface area (Å²) < 4.78 is 0. The molecule has 0 amide bonds. The minimum Gasteiger partial charge on any atom is -0.125 e. The van der Waals surface area contributed by atoms with Gasteiger partial charge in [0.2, 0.25) is 0 Å². The smallest absolute Gasteiger partial charge is 0.125 e. The highest BCUT2D eigenvalue weighted by atomic mass is 28.3. The van der Waals surface area contributed by atoms with Gasteiger partial charge in [0.05, 0.1) is 0 Å². The molecule has 114 valence electrons. The quantitative estimate of drug-likeness (QED) is 0.530. The predicted molar refractivity (Wildman–Crippen MR) is 100 cm³/mol. The molecule has 0 fully saturated rings. The maximum absolute atomic E-state index is 5.51. The van der Waals surface area contributed by atoms with Gasteiger partial charge >= 0.3 is 0 Å². The SMILES string of the molecule is C#Cc1cc(C#C)cc(C#C[Si](C(C)C)(C(C)C)C(C)C)c1. The van der Waals surface area contributed by atoms with E-state index in [0.29, 0.717) is 16.6 Å². The zero-order chi connectivity index (χ0) is 16.9. The topological polar surface area (TPSA) is 0 Å². The summed E-state index contributed by atoms with van der Waals surface area (Å²) in [6.07, 6.45) is 11.0. The molecule has 0 spiro atoms. The van der Waals surface area contributed by atoms with Gasteiger partial charge in [-0.2, -0.15) is 0 Å². The van der Waals surface area contributed by atoms with E-state index in [0.717, 1.165) is 16.7 Å². The van der Waals surface area contributed by atoms with Crippen LogP contribution in [0.5, 0.6) is 0 Å². The van der Waals surface area contributed by atoms with Crippen LogP contribution in [-0.4, -0.2) is 8.07 Å². The number of rotatable bonds is 3. The zero-order valence-corrected chi connectivity index (χ0v) is 15.6. The molecule has 0 nitrogen and oxygen atoms in total. The third kappa shape index (κ3) is 3.65. The summed E-state index contributed by atoms with van der Waals surface area (Å²) in [6.45, 7) is 13.9. The second kappa shape index (κ2) is 7.40. The lowest BCUT2D eigenvalue weighted by molar-refractivity contribution is 0.838. The zero-order valence-electron chi connectivity index (χ0n) is 14.6. The second-order valence-corrected chi connectivity index (χ2v) is 12.3. The summed E-state index contributed by atoms with van der Waals surface area (Å²) in [5, 5.41) is 0. The van der Waals surface area contributed by atoms with Crippen LogP contribution >= 0.6 is 0 Å². The summed E-state index contributed by atoms with van der Waals surface area (Å²) in [5.41, 5.74) is 8.07. The van der Waals surface area contributed by atoms with Gasteiger partial charge in [0.1, 0.15) is 8.07 Å². The molecule has 0 aliphatic rings. The van der Waals surface area contributed by atoms with E-state index >= 15 is 0 Å². The Kier molecular flexibility index (Phi) is 6.11. The first-order valence-electron chi connectivity index (χ1n) is 7.89. The van der Waals surface area contributed by atoms with Crippen molar-refractivity contribution >= 4 is 8.07 Å². The largest absolute Gasteiger partial charge is 0.146 e. The average molecular weight is 307 g/mol. The number of hydrogen-bond acceptors (Lipinski definition) is 0. The van der Waals surface area contributed by atoms with Gasteiger partial charge in [-0.3, -0.25) is 0 Å². The molecule has 1 aromatic carbocycles. The van der Waals surface area contributed by atoms with Gasteiger partial charge in [-0.15, -0.1) is 18.4 Å². The highest BCUT2D eigenvalue weighted by Gasteiger charge is 2.41. The van der Waals surface area contributed by atoms with Gasteiger partial charge in [-0.25, -0.2) is 0 Å². The molecule has 0 saturated heterocycles. The van der Waals surface area contributed by atoms with E-state index in [1.807, 2.05) is 18.2 Å². The molecule has 1 rings (SSSR count). The van der Waals surface area contributed by atoms with Gasteiger partial charge in [0.15, 0.2) is 0 Å². The van der Waals surface area contributed by atoms with E-state index in [9.17, 15) is 0 Å². The van der Waals surface area contributed by atoms with Crippen molar-refractivity contribution in [3.05, 3.63) is 34.9 Å². The lowest BCUT2D eigenvalue weighted by atomic mass is 10.1. The van der Waals surface area contributed by atoms with Crippen LogP contribution in [0.2, 0.25) is 16.6 Å². The van der Waals surface area contributed by atoms with Gasteiger partial charge in [-0.1, -0.05) is 59.3 Å². The fourth-order valence-electron chi connectivity index (χ4n) is 3.48. The molecular weight excluding hydrogens is 280 g/mol. The van der Waals surface area contributed by atoms with Crippen molar-refractivity contribution < 1.29 is 0 Å². The minimum absolute atomic E-state index is 0.614. The van der Waals surface area contributed by atoms with Crippen LogP contribution < -0.4 is 0 Å². The van der Waals surface area contributed by atoms with E-state index in [4.69, 9.17) is 12.8 Å². The standard InChI is InChI=1S/C21H26Si/c1-9-19-13-20(10-2)15-21(14-19)11-12-22(16(3)4,17(5)6)18(7)8/h1-2,13-18H,3-8H3. The van der Waals surface area contributed by atoms with E-state index in [-0.39, 0.29) is 0 Å². The van der Waals surface area contributed by atoms with Crippen LogP contribution in [0.25, 0.3) is 0 Å². The molecule has 0 unspecified atom stereocenters. The van der Waals surface area contributed by atoms with Crippen LogP contribution in [0.4, 0.5) is 0 Å². The number of terminal acetylenes is 2. The van der Waals surface area contributed by atoms with Gasteiger partial charge in [0.25, 0.3) is 0 Å². The van der Waals surface area contributed by atoms with Gasteiger partial charge < -0.3 is 0 Å². The molecule has 1 aromatic rings. The Bertz CT molecular complexity index is 613. The molecule has 0 aliphatic heterocycles. The van der Waals surface area contributed by atoms with Crippen LogP contribution in [0.15, 0.2) is 18.2 Å². The van der Waals surface area contributed by atoms with Crippen LogP contribution in [0.3, 0.4) is 0 Å². The molecule has 0 bridgehead atoms. The maximum atomic E-state index is 5.51. The van der Waals surface area contributed by atoms with Crippen molar-refractivity contribution in [2.75, 3.05) is 0 Å². The molecule has 0 radical (unpaired) electrons. The number of hydrogen-bond donors (Lipinski definition) is 0. The first kappa shape index (κ1) is 18.2. The van der Waals surface area contributed by atoms with Gasteiger partial charge in [-0.05, 0) is 34.8 Å². The first-order valence-corrected chi connectivity index (χ1v) is 10.1. The average Bonchev–Trinajstić information content (AvgIpc) is 2.46. The Hall–Kier alpha value is -1.88. The molecule has 0 aliphatic carbocycles. The van der Waals surface area contributed by atoms with Crippen molar-refractivity contribution in [3.63, 3.8) is 0 Å². The molecule has 0 saturated carbocycles. The molecule has 1 heteroatoms. The van der Waals surface area contributed by atoms with Crippen molar-refractivity contribution in [1.29, 1.82) is 0 Å². The summed E-state index contributed by atoms with van der Waals surface area (Å²) >= 11 is 0. The lowest BCUT2D eigenvalue weighted by Gasteiger charge is -2.38. The highest BCUT2D eigenvalue weighted by molar-refractivity contribution is 6.90. The monoisotopic (exact) mass is 306 g/mol. The summed E-state index contributed by atoms with van der Waals surface area (Å²) in [7, 11) is -1.73. The van der Waals surface area contributed by atoms with Crippen molar-refractivity contribution in [1.82, 2.24) is 0 Å². The van der Waals surface area contributed by atoms with Crippen molar-refractivity contribution in [3.8, 4) is 36.2 Å². The minimum atomic E-state index is -1.73. The molecule has 0 atom stereocenters. The van der Waals surface area contributed by atoms with Gasteiger partial charge in [0, 0.05) is 16.7 Å². The van der Waals surface area contributed by atoms with E-state index in [2.05, 4.69) is 64.8 Å². The molecule has 0 N–H and O–H groups in total. The van der Waals surface area contributed by atoms with E-state index in [1.165, 1.54) is 0 Å². The molecular formula is C21H26Si. The van der Waals surface area contributed by atoms with Crippen LogP contribution in [-0.2, 0) is 0 Å². The molecule has 22 heavy (non-hydrogen) atoms. The second-order valence-electron chi connectivity index (χ2n) is 6.73.